The molecule has 0 aliphatic carbocycles. The molecule has 2 amide bonds. The van der Waals surface area contributed by atoms with E-state index in [1.54, 1.807) is 11.9 Å². The second-order valence-electron chi connectivity index (χ2n) is 2.94. The minimum atomic E-state index is -0.0304. The average Bonchev–Trinajstić information content (AvgIpc) is 2.17. The number of carbonyl (C=O) groups is 1. The molecule has 1 saturated heterocycles. The van der Waals surface area contributed by atoms with Crippen molar-refractivity contribution in [1.82, 2.24) is 9.96 Å². The fourth-order valence-corrected chi connectivity index (χ4v) is 1.07. The van der Waals surface area contributed by atoms with Gasteiger partial charge in [-0.1, -0.05) is 0 Å². The Morgan fingerprint density at radius 3 is 2.83 bits per heavy atom. The number of nitrogens with zero attached hydrogens (tertiary/aromatic N) is 2. The summed E-state index contributed by atoms with van der Waals surface area (Å²) >= 11 is 0. The van der Waals surface area contributed by atoms with Crippen LogP contribution in [0.4, 0.5) is 4.79 Å². The SMILES string of the molecule is CCN(C)C(=O)N1CCCCO1. The summed E-state index contributed by atoms with van der Waals surface area (Å²) in [5.74, 6) is 0. The first-order chi connectivity index (χ1) is 5.75. The van der Waals surface area contributed by atoms with Crippen LogP contribution in [-0.2, 0) is 4.84 Å². The second kappa shape index (κ2) is 4.30. The Bertz CT molecular complexity index is 155. The van der Waals surface area contributed by atoms with Crippen LogP contribution in [0, 0.1) is 0 Å². The topological polar surface area (TPSA) is 32.8 Å². The molecule has 0 saturated carbocycles. The lowest BCUT2D eigenvalue weighted by atomic mass is 10.3. The van der Waals surface area contributed by atoms with E-state index in [9.17, 15) is 4.79 Å². The summed E-state index contributed by atoms with van der Waals surface area (Å²) in [4.78, 5) is 18.3. The maximum Gasteiger partial charge on any atom is 0.343 e. The molecule has 12 heavy (non-hydrogen) atoms. The normalized spacial score (nSPS) is 17.7. The summed E-state index contributed by atoms with van der Waals surface area (Å²) in [5, 5.41) is 1.45. The molecule has 0 aromatic carbocycles. The fraction of sp³-hybridized carbons (Fsp3) is 0.875. The summed E-state index contributed by atoms with van der Waals surface area (Å²) in [7, 11) is 1.78. The molecule has 0 bridgehead atoms. The van der Waals surface area contributed by atoms with E-state index in [1.807, 2.05) is 6.92 Å². The first-order valence-corrected chi connectivity index (χ1v) is 4.41. The van der Waals surface area contributed by atoms with E-state index in [0.29, 0.717) is 6.61 Å². The lowest BCUT2D eigenvalue weighted by molar-refractivity contribution is -0.145. The summed E-state index contributed by atoms with van der Waals surface area (Å²) < 4.78 is 0. The Morgan fingerprint density at radius 1 is 1.58 bits per heavy atom. The monoisotopic (exact) mass is 172 g/mol. The molecular weight excluding hydrogens is 156 g/mol. The van der Waals surface area contributed by atoms with Gasteiger partial charge < -0.3 is 4.90 Å². The Balaban J connectivity index is 2.39. The van der Waals surface area contributed by atoms with Gasteiger partial charge in [0.25, 0.3) is 0 Å². The molecule has 0 atom stereocenters. The second-order valence-corrected chi connectivity index (χ2v) is 2.94. The molecule has 0 N–H and O–H groups in total. The van der Waals surface area contributed by atoms with E-state index in [1.165, 1.54) is 5.06 Å². The summed E-state index contributed by atoms with van der Waals surface area (Å²) in [5.41, 5.74) is 0. The van der Waals surface area contributed by atoms with Crippen molar-refractivity contribution >= 4 is 6.03 Å². The van der Waals surface area contributed by atoms with Crippen molar-refractivity contribution in [3.05, 3.63) is 0 Å². The first kappa shape index (κ1) is 9.32. The van der Waals surface area contributed by atoms with Crippen molar-refractivity contribution < 1.29 is 9.63 Å². The van der Waals surface area contributed by atoms with Crippen LogP contribution in [0.15, 0.2) is 0 Å². The maximum absolute atomic E-state index is 11.5. The van der Waals surface area contributed by atoms with Crippen LogP contribution in [0.2, 0.25) is 0 Å². The number of rotatable bonds is 1. The predicted molar refractivity (Wildman–Crippen MR) is 45.6 cm³/mol. The van der Waals surface area contributed by atoms with Crippen molar-refractivity contribution in [2.45, 2.75) is 19.8 Å². The van der Waals surface area contributed by atoms with Crippen LogP contribution >= 0.6 is 0 Å². The van der Waals surface area contributed by atoms with Gasteiger partial charge >= 0.3 is 6.03 Å². The Morgan fingerprint density at radius 2 is 2.33 bits per heavy atom. The minimum Gasteiger partial charge on any atom is -0.326 e. The standard InChI is InChI=1S/C8H16N2O2/c1-3-9(2)8(11)10-6-4-5-7-12-10/h3-7H2,1-2H3. The zero-order valence-corrected chi connectivity index (χ0v) is 7.75. The van der Waals surface area contributed by atoms with E-state index in [2.05, 4.69) is 0 Å². The van der Waals surface area contributed by atoms with E-state index in [-0.39, 0.29) is 6.03 Å². The number of hydrogen-bond donors (Lipinski definition) is 0. The Kier molecular flexibility index (Phi) is 3.34. The number of carbonyl (C=O) groups excluding carboxylic acids is 1. The average molecular weight is 172 g/mol. The van der Waals surface area contributed by atoms with Gasteiger partial charge in [0.2, 0.25) is 0 Å². The first-order valence-electron chi connectivity index (χ1n) is 4.41. The van der Waals surface area contributed by atoms with Gasteiger partial charge in [0.15, 0.2) is 0 Å². The molecule has 1 heterocycles. The van der Waals surface area contributed by atoms with E-state index < -0.39 is 0 Å². The van der Waals surface area contributed by atoms with Gasteiger partial charge in [-0.05, 0) is 19.8 Å². The van der Waals surface area contributed by atoms with Gasteiger partial charge in [-0.25, -0.2) is 9.86 Å². The van der Waals surface area contributed by atoms with Gasteiger partial charge in [0.05, 0.1) is 13.2 Å². The predicted octanol–water partition coefficient (Wildman–Crippen LogP) is 1.09. The molecule has 0 aromatic heterocycles. The van der Waals surface area contributed by atoms with Gasteiger partial charge in [-0.2, -0.15) is 0 Å². The van der Waals surface area contributed by atoms with Crippen molar-refractivity contribution in [1.29, 1.82) is 0 Å². The van der Waals surface area contributed by atoms with Crippen molar-refractivity contribution in [2.24, 2.45) is 0 Å². The molecule has 1 fully saturated rings. The maximum atomic E-state index is 11.5. The molecule has 0 unspecified atom stereocenters. The van der Waals surface area contributed by atoms with Crippen LogP contribution in [0.1, 0.15) is 19.8 Å². The van der Waals surface area contributed by atoms with Crippen LogP contribution in [-0.4, -0.2) is 42.7 Å². The van der Waals surface area contributed by atoms with Gasteiger partial charge in [-0.3, -0.25) is 4.84 Å². The summed E-state index contributed by atoms with van der Waals surface area (Å²) in [6.07, 6.45) is 2.10. The quantitative estimate of drug-likeness (QED) is 0.593. The summed E-state index contributed by atoms with van der Waals surface area (Å²) in [6, 6.07) is -0.0304. The molecule has 0 spiro atoms. The molecule has 1 rings (SSSR count). The van der Waals surface area contributed by atoms with Gasteiger partial charge in [0.1, 0.15) is 0 Å². The number of hydroxylamine groups is 2. The lowest BCUT2D eigenvalue weighted by Gasteiger charge is -2.29. The Hall–Kier alpha value is -0.770. The third kappa shape index (κ3) is 2.11. The number of hydrogen-bond acceptors (Lipinski definition) is 2. The highest BCUT2D eigenvalue weighted by molar-refractivity contribution is 5.72. The zero-order valence-electron chi connectivity index (χ0n) is 7.75. The third-order valence-corrected chi connectivity index (χ3v) is 2.02. The lowest BCUT2D eigenvalue weighted by Crippen LogP contribution is -2.43. The van der Waals surface area contributed by atoms with Crippen molar-refractivity contribution in [2.75, 3.05) is 26.7 Å². The molecule has 70 valence electrons. The highest BCUT2D eigenvalue weighted by Crippen LogP contribution is 2.07. The molecule has 4 nitrogen and oxygen atoms in total. The van der Waals surface area contributed by atoms with Crippen molar-refractivity contribution in [3.63, 3.8) is 0 Å². The number of amides is 2. The summed E-state index contributed by atoms with van der Waals surface area (Å²) in [6.45, 7) is 4.06. The molecule has 1 aliphatic rings. The van der Waals surface area contributed by atoms with E-state index in [0.717, 1.165) is 25.9 Å². The molecule has 4 heteroatoms. The molecule has 1 aliphatic heterocycles. The molecular formula is C8H16N2O2. The van der Waals surface area contributed by atoms with Crippen molar-refractivity contribution in [3.8, 4) is 0 Å². The van der Waals surface area contributed by atoms with Crippen LogP contribution in [0.3, 0.4) is 0 Å². The molecule has 0 radical (unpaired) electrons. The van der Waals surface area contributed by atoms with Crippen LogP contribution in [0.5, 0.6) is 0 Å². The smallest absolute Gasteiger partial charge is 0.326 e. The van der Waals surface area contributed by atoms with Gasteiger partial charge in [-0.15, -0.1) is 0 Å². The number of urea groups is 1. The van der Waals surface area contributed by atoms with E-state index >= 15 is 0 Å². The van der Waals surface area contributed by atoms with E-state index in [4.69, 9.17) is 4.84 Å². The zero-order chi connectivity index (χ0) is 8.97. The molecule has 0 aromatic rings. The fourth-order valence-electron chi connectivity index (χ4n) is 1.07. The largest absolute Gasteiger partial charge is 0.343 e. The highest BCUT2D eigenvalue weighted by Gasteiger charge is 2.19. The van der Waals surface area contributed by atoms with Crippen LogP contribution in [0.25, 0.3) is 0 Å². The minimum absolute atomic E-state index is 0.0304. The highest BCUT2D eigenvalue weighted by atomic mass is 16.7. The van der Waals surface area contributed by atoms with Gasteiger partial charge in [0, 0.05) is 13.6 Å². The third-order valence-electron chi connectivity index (χ3n) is 2.02. The van der Waals surface area contributed by atoms with Crippen LogP contribution < -0.4 is 0 Å². The Labute approximate surface area is 73.0 Å².